The maximum atomic E-state index is 13.5. The number of hydrogen-bond donors (Lipinski definition) is 2. The third-order valence-electron chi connectivity index (χ3n) is 2.86. The number of rotatable bonds is 4. The van der Waals surface area contributed by atoms with E-state index in [1.54, 1.807) is 18.3 Å². The van der Waals surface area contributed by atoms with Crippen LogP contribution < -0.4 is 11.1 Å². The molecule has 0 aliphatic carbocycles. The fourth-order valence-corrected chi connectivity index (χ4v) is 2.13. The minimum absolute atomic E-state index is 0.188. The molecule has 0 amide bonds. The third kappa shape index (κ3) is 3.67. The van der Waals surface area contributed by atoms with Crippen molar-refractivity contribution in [2.45, 2.75) is 13.3 Å². The highest BCUT2D eigenvalue weighted by Crippen LogP contribution is 2.17. The van der Waals surface area contributed by atoms with E-state index in [0.717, 1.165) is 15.9 Å². The van der Waals surface area contributed by atoms with Crippen LogP contribution in [0, 0.1) is 12.7 Å². The van der Waals surface area contributed by atoms with E-state index in [2.05, 4.69) is 26.2 Å². The highest BCUT2D eigenvalue weighted by atomic mass is 79.9. The van der Waals surface area contributed by atoms with Crippen molar-refractivity contribution in [3.05, 3.63) is 51.9 Å². The molecule has 0 spiro atoms. The number of benzene rings is 1. The molecule has 100 valence electrons. The van der Waals surface area contributed by atoms with Crippen molar-refractivity contribution >= 4 is 27.4 Å². The molecule has 0 saturated carbocycles. The second kappa shape index (κ2) is 6.02. The van der Waals surface area contributed by atoms with Gasteiger partial charge in [0.05, 0.1) is 11.9 Å². The molecular formula is C14H15BrFN3. The van der Waals surface area contributed by atoms with Crippen LogP contribution in [0.4, 0.5) is 15.9 Å². The predicted molar refractivity (Wildman–Crippen MR) is 79.7 cm³/mol. The molecule has 0 fully saturated rings. The monoisotopic (exact) mass is 323 g/mol. The molecule has 19 heavy (non-hydrogen) atoms. The Balaban J connectivity index is 1.96. The molecule has 0 unspecified atom stereocenters. The van der Waals surface area contributed by atoms with Crippen molar-refractivity contribution in [1.29, 1.82) is 0 Å². The average Bonchev–Trinajstić information content (AvgIpc) is 2.38. The van der Waals surface area contributed by atoms with Gasteiger partial charge in [0, 0.05) is 11.0 Å². The number of aryl methyl sites for hydroxylation is 1. The Morgan fingerprint density at radius 2 is 2.16 bits per heavy atom. The first-order chi connectivity index (χ1) is 9.06. The first kappa shape index (κ1) is 13.8. The molecule has 2 aromatic rings. The summed E-state index contributed by atoms with van der Waals surface area (Å²) in [5.74, 6) is 0.563. The zero-order chi connectivity index (χ0) is 13.8. The molecule has 0 aliphatic rings. The minimum Gasteiger partial charge on any atom is -0.397 e. The number of anilines is 2. The maximum Gasteiger partial charge on any atom is 0.126 e. The number of nitrogens with two attached hydrogens (primary N) is 1. The van der Waals surface area contributed by atoms with E-state index in [1.807, 2.05) is 13.0 Å². The Hall–Kier alpha value is -1.62. The lowest BCUT2D eigenvalue weighted by Crippen LogP contribution is -2.08. The first-order valence-electron chi connectivity index (χ1n) is 5.96. The first-order valence-corrected chi connectivity index (χ1v) is 6.75. The second-order valence-corrected chi connectivity index (χ2v) is 5.25. The van der Waals surface area contributed by atoms with Crippen LogP contribution in [0.2, 0.25) is 0 Å². The zero-order valence-corrected chi connectivity index (χ0v) is 12.2. The van der Waals surface area contributed by atoms with Crippen molar-refractivity contribution in [2.24, 2.45) is 0 Å². The molecule has 3 N–H and O–H groups in total. The van der Waals surface area contributed by atoms with Crippen LogP contribution in [-0.2, 0) is 6.42 Å². The summed E-state index contributed by atoms with van der Waals surface area (Å²) in [7, 11) is 0. The van der Waals surface area contributed by atoms with E-state index in [4.69, 9.17) is 5.73 Å². The van der Waals surface area contributed by atoms with Crippen LogP contribution in [0.1, 0.15) is 11.1 Å². The summed E-state index contributed by atoms with van der Waals surface area (Å²) in [6.45, 7) is 2.54. The van der Waals surface area contributed by atoms with Crippen molar-refractivity contribution < 1.29 is 4.39 Å². The summed E-state index contributed by atoms with van der Waals surface area (Å²) in [5.41, 5.74) is 8.02. The highest BCUT2D eigenvalue weighted by Gasteiger charge is 2.03. The minimum atomic E-state index is -0.188. The van der Waals surface area contributed by atoms with E-state index in [9.17, 15) is 4.39 Å². The van der Waals surface area contributed by atoms with Crippen molar-refractivity contribution in [2.75, 3.05) is 17.6 Å². The molecule has 0 atom stereocenters. The van der Waals surface area contributed by atoms with E-state index < -0.39 is 0 Å². The summed E-state index contributed by atoms with van der Waals surface area (Å²) in [6.07, 6.45) is 2.22. The molecule has 5 heteroatoms. The van der Waals surface area contributed by atoms with Crippen LogP contribution in [0.25, 0.3) is 0 Å². The third-order valence-corrected chi connectivity index (χ3v) is 3.35. The lowest BCUT2D eigenvalue weighted by atomic mass is 10.1. The Bertz CT molecular complexity index is 587. The van der Waals surface area contributed by atoms with Gasteiger partial charge in [0.2, 0.25) is 0 Å². The van der Waals surface area contributed by atoms with Gasteiger partial charge < -0.3 is 11.1 Å². The van der Waals surface area contributed by atoms with Gasteiger partial charge in [-0.3, -0.25) is 0 Å². The van der Waals surface area contributed by atoms with Crippen LogP contribution in [-0.4, -0.2) is 11.5 Å². The number of nitrogen functional groups attached to an aromatic ring is 1. The van der Waals surface area contributed by atoms with Crippen molar-refractivity contribution in [3.63, 3.8) is 0 Å². The Morgan fingerprint density at radius 1 is 1.37 bits per heavy atom. The summed E-state index contributed by atoms with van der Waals surface area (Å²) in [4.78, 5) is 4.17. The van der Waals surface area contributed by atoms with E-state index in [0.29, 0.717) is 24.2 Å². The fourth-order valence-electron chi connectivity index (χ4n) is 1.72. The van der Waals surface area contributed by atoms with Crippen molar-refractivity contribution in [1.82, 2.24) is 4.98 Å². The van der Waals surface area contributed by atoms with Crippen molar-refractivity contribution in [3.8, 4) is 0 Å². The van der Waals surface area contributed by atoms with E-state index in [-0.39, 0.29) is 5.82 Å². The van der Waals surface area contributed by atoms with Crippen LogP contribution >= 0.6 is 15.9 Å². The smallest absolute Gasteiger partial charge is 0.126 e. The highest BCUT2D eigenvalue weighted by molar-refractivity contribution is 9.10. The van der Waals surface area contributed by atoms with Gasteiger partial charge in [-0.2, -0.15) is 0 Å². The molecule has 0 aliphatic heterocycles. The number of nitrogens with zero attached hydrogens (tertiary/aromatic N) is 1. The summed E-state index contributed by atoms with van der Waals surface area (Å²) < 4.78 is 14.4. The summed E-state index contributed by atoms with van der Waals surface area (Å²) >= 11 is 3.34. The van der Waals surface area contributed by atoms with Crippen LogP contribution in [0.5, 0.6) is 0 Å². The number of halogens is 2. The van der Waals surface area contributed by atoms with Gasteiger partial charge >= 0.3 is 0 Å². The topological polar surface area (TPSA) is 50.9 Å². The molecule has 0 saturated heterocycles. The zero-order valence-electron chi connectivity index (χ0n) is 10.6. The number of nitrogens with one attached hydrogen (secondary N) is 1. The lowest BCUT2D eigenvalue weighted by molar-refractivity contribution is 0.610. The molecule has 0 radical (unpaired) electrons. The van der Waals surface area contributed by atoms with Gasteiger partial charge in [0.15, 0.2) is 0 Å². The molecule has 1 heterocycles. The van der Waals surface area contributed by atoms with Gasteiger partial charge in [0.25, 0.3) is 0 Å². The largest absolute Gasteiger partial charge is 0.397 e. The van der Waals surface area contributed by atoms with Gasteiger partial charge in [-0.25, -0.2) is 9.37 Å². The number of aromatic nitrogens is 1. The number of pyridine rings is 1. The van der Waals surface area contributed by atoms with Gasteiger partial charge in [-0.1, -0.05) is 15.9 Å². The standard InChI is InChI=1S/C14H15BrFN3/c1-9-6-14(19-8-13(9)17)18-5-4-10-7-11(15)2-3-12(10)16/h2-3,6-8H,4-5,17H2,1H3,(H,18,19). The molecule has 0 bridgehead atoms. The Kier molecular flexibility index (Phi) is 4.37. The van der Waals surface area contributed by atoms with E-state index >= 15 is 0 Å². The van der Waals surface area contributed by atoms with Crippen LogP contribution in [0.15, 0.2) is 34.9 Å². The van der Waals surface area contributed by atoms with Crippen LogP contribution in [0.3, 0.4) is 0 Å². The van der Waals surface area contributed by atoms with Gasteiger partial charge in [-0.15, -0.1) is 0 Å². The fraction of sp³-hybridized carbons (Fsp3) is 0.214. The molecule has 1 aromatic heterocycles. The number of hydrogen-bond acceptors (Lipinski definition) is 3. The Morgan fingerprint density at radius 3 is 2.89 bits per heavy atom. The quantitative estimate of drug-likeness (QED) is 0.905. The molecular weight excluding hydrogens is 309 g/mol. The summed E-state index contributed by atoms with van der Waals surface area (Å²) in [5, 5.41) is 3.16. The maximum absolute atomic E-state index is 13.5. The average molecular weight is 324 g/mol. The molecule has 3 nitrogen and oxygen atoms in total. The predicted octanol–water partition coefficient (Wildman–Crippen LogP) is 3.53. The Labute approximate surface area is 120 Å². The lowest BCUT2D eigenvalue weighted by Gasteiger charge is -2.08. The molecule has 1 aromatic carbocycles. The van der Waals surface area contributed by atoms with Gasteiger partial charge in [-0.05, 0) is 48.7 Å². The second-order valence-electron chi connectivity index (χ2n) is 4.34. The summed E-state index contributed by atoms with van der Waals surface area (Å²) in [6, 6.07) is 6.83. The SMILES string of the molecule is Cc1cc(NCCc2cc(Br)ccc2F)ncc1N. The van der Waals surface area contributed by atoms with Gasteiger partial charge in [0.1, 0.15) is 11.6 Å². The van der Waals surface area contributed by atoms with E-state index in [1.165, 1.54) is 6.07 Å². The normalized spacial score (nSPS) is 10.5. The molecule has 2 rings (SSSR count).